The highest BCUT2D eigenvalue weighted by molar-refractivity contribution is 14.2. The molecule has 0 aromatic heterocycles. The minimum atomic E-state index is 0.687. The average molecular weight is 305 g/mol. The van der Waals surface area contributed by atoms with Gasteiger partial charge in [0.2, 0.25) is 0 Å². The highest BCUT2D eigenvalue weighted by atomic mass is 127. The fourth-order valence-electron chi connectivity index (χ4n) is 0.573. The molecular formula is C6H3Cl2IS. The van der Waals surface area contributed by atoms with Crippen molar-refractivity contribution in [2.75, 3.05) is 0 Å². The zero-order valence-corrected chi connectivity index (χ0v) is 9.26. The molecule has 0 unspecified atom stereocenters. The summed E-state index contributed by atoms with van der Waals surface area (Å²) in [6, 6.07) is 5.48. The van der Waals surface area contributed by atoms with Crippen molar-refractivity contribution in [1.82, 2.24) is 0 Å². The van der Waals surface area contributed by atoms with E-state index in [1.165, 1.54) is 0 Å². The first-order chi connectivity index (χ1) is 4.72. The third-order valence-electron chi connectivity index (χ3n) is 0.925. The van der Waals surface area contributed by atoms with Gasteiger partial charge in [0.05, 0.1) is 0 Å². The van der Waals surface area contributed by atoms with Crippen LogP contribution < -0.4 is 0 Å². The smallest absolute Gasteiger partial charge is 0.0432 e. The van der Waals surface area contributed by atoms with E-state index in [1.54, 1.807) is 15.0 Å². The molecule has 0 fully saturated rings. The van der Waals surface area contributed by atoms with Gasteiger partial charge in [-0.05, 0) is 18.2 Å². The van der Waals surface area contributed by atoms with Crippen molar-refractivity contribution in [2.45, 2.75) is 4.90 Å². The molecule has 0 radical (unpaired) electrons. The molecule has 1 aromatic rings. The highest BCUT2D eigenvalue weighted by Gasteiger charge is 1.95. The van der Waals surface area contributed by atoms with Crippen molar-refractivity contribution in [3.8, 4) is 0 Å². The van der Waals surface area contributed by atoms with E-state index in [9.17, 15) is 0 Å². The summed E-state index contributed by atoms with van der Waals surface area (Å²) < 4.78 is 0. The first-order valence-corrected chi connectivity index (χ1v) is 6.58. The van der Waals surface area contributed by atoms with E-state index in [0.29, 0.717) is 10.0 Å². The number of halogens is 3. The van der Waals surface area contributed by atoms with Crippen LogP contribution in [0.2, 0.25) is 10.0 Å². The van der Waals surface area contributed by atoms with Crippen molar-refractivity contribution < 1.29 is 0 Å². The third-order valence-corrected chi connectivity index (χ3v) is 3.30. The van der Waals surface area contributed by atoms with Gasteiger partial charge in [-0.1, -0.05) is 32.1 Å². The first kappa shape index (κ1) is 8.97. The highest BCUT2D eigenvalue weighted by Crippen LogP contribution is 2.30. The standard InChI is InChI=1S/C6H3Cl2IS/c7-4-1-5(8)3-6(2-4)10-9/h1-3H. The average Bonchev–Trinajstić information content (AvgIpc) is 1.85. The Morgan fingerprint density at radius 1 is 1.10 bits per heavy atom. The Morgan fingerprint density at radius 2 is 1.60 bits per heavy atom. The fraction of sp³-hybridized carbons (Fsp3) is 0. The molecule has 4 heteroatoms. The van der Waals surface area contributed by atoms with Crippen molar-refractivity contribution in [1.29, 1.82) is 0 Å². The van der Waals surface area contributed by atoms with E-state index in [0.717, 1.165) is 4.90 Å². The van der Waals surface area contributed by atoms with Gasteiger partial charge in [-0.15, -0.1) is 0 Å². The Hall–Kier alpha value is 0.880. The fourth-order valence-corrected chi connectivity index (χ4v) is 2.33. The Bertz CT molecular complexity index is 219. The summed E-state index contributed by atoms with van der Waals surface area (Å²) in [4.78, 5) is 1.08. The number of rotatable bonds is 1. The van der Waals surface area contributed by atoms with Crippen LogP contribution in [0.15, 0.2) is 23.1 Å². The monoisotopic (exact) mass is 304 g/mol. The van der Waals surface area contributed by atoms with Crippen LogP contribution in [0.1, 0.15) is 0 Å². The van der Waals surface area contributed by atoms with Crippen LogP contribution in [-0.2, 0) is 0 Å². The number of hydrogen-bond donors (Lipinski definition) is 0. The number of hydrogen-bond acceptors (Lipinski definition) is 1. The zero-order chi connectivity index (χ0) is 7.56. The SMILES string of the molecule is Clc1cc(Cl)cc(SI)c1. The maximum absolute atomic E-state index is 5.73. The summed E-state index contributed by atoms with van der Waals surface area (Å²) in [5.41, 5.74) is 0. The molecule has 10 heavy (non-hydrogen) atoms. The van der Waals surface area contributed by atoms with Crippen LogP contribution in [-0.4, -0.2) is 0 Å². The molecule has 0 bridgehead atoms. The molecule has 0 amide bonds. The second kappa shape index (κ2) is 4.04. The van der Waals surface area contributed by atoms with Crippen LogP contribution >= 0.6 is 53.3 Å². The van der Waals surface area contributed by atoms with E-state index in [4.69, 9.17) is 23.2 Å². The van der Waals surface area contributed by atoms with Gasteiger partial charge in [0.1, 0.15) is 0 Å². The molecule has 0 aliphatic rings. The Balaban J connectivity index is 3.06. The van der Waals surface area contributed by atoms with Crippen LogP contribution in [0.25, 0.3) is 0 Å². The lowest BCUT2D eigenvalue weighted by molar-refractivity contribution is 1.48. The van der Waals surface area contributed by atoms with Crippen molar-refractivity contribution in [3.05, 3.63) is 28.2 Å². The summed E-state index contributed by atoms with van der Waals surface area (Å²) in [5.74, 6) is 0. The van der Waals surface area contributed by atoms with Gasteiger partial charge in [0, 0.05) is 36.1 Å². The normalized spacial score (nSPS) is 9.90. The molecule has 0 saturated carbocycles. The predicted octanol–water partition coefficient (Wildman–Crippen LogP) is 4.44. The summed E-state index contributed by atoms with van der Waals surface area (Å²) >= 11 is 13.6. The van der Waals surface area contributed by atoms with E-state index in [2.05, 4.69) is 21.2 Å². The summed E-state index contributed by atoms with van der Waals surface area (Å²) in [5, 5.41) is 1.37. The summed E-state index contributed by atoms with van der Waals surface area (Å²) in [7, 11) is 1.60. The van der Waals surface area contributed by atoms with Gasteiger partial charge in [0.15, 0.2) is 0 Å². The molecular weight excluding hydrogens is 302 g/mol. The molecule has 1 rings (SSSR count). The van der Waals surface area contributed by atoms with Gasteiger partial charge in [0.25, 0.3) is 0 Å². The minimum Gasteiger partial charge on any atom is -0.0842 e. The van der Waals surface area contributed by atoms with E-state index < -0.39 is 0 Å². The molecule has 0 aliphatic heterocycles. The van der Waals surface area contributed by atoms with Crippen molar-refractivity contribution >= 4 is 53.3 Å². The lowest BCUT2D eigenvalue weighted by atomic mass is 10.4. The van der Waals surface area contributed by atoms with E-state index in [1.807, 2.05) is 12.1 Å². The van der Waals surface area contributed by atoms with E-state index >= 15 is 0 Å². The zero-order valence-electron chi connectivity index (χ0n) is 4.77. The first-order valence-electron chi connectivity index (χ1n) is 2.47. The second-order valence-electron chi connectivity index (χ2n) is 1.68. The summed E-state index contributed by atoms with van der Waals surface area (Å²) in [6.07, 6.45) is 0. The van der Waals surface area contributed by atoms with E-state index in [-0.39, 0.29) is 0 Å². The Kier molecular flexibility index (Phi) is 3.63. The molecule has 54 valence electrons. The van der Waals surface area contributed by atoms with Gasteiger partial charge in [-0.2, -0.15) is 0 Å². The minimum absolute atomic E-state index is 0.687. The van der Waals surface area contributed by atoms with Crippen LogP contribution in [0.4, 0.5) is 0 Å². The maximum Gasteiger partial charge on any atom is 0.0432 e. The van der Waals surface area contributed by atoms with Gasteiger partial charge in [-0.25, -0.2) is 0 Å². The van der Waals surface area contributed by atoms with Crippen LogP contribution in [0, 0.1) is 0 Å². The lowest BCUT2D eigenvalue weighted by Gasteiger charge is -1.95. The molecule has 0 N–H and O–H groups in total. The maximum atomic E-state index is 5.73. The molecule has 0 nitrogen and oxygen atoms in total. The van der Waals surface area contributed by atoms with Crippen molar-refractivity contribution in [2.24, 2.45) is 0 Å². The number of benzene rings is 1. The lowest BCUT2D eigenvalue weighted by Crippen LogP contribution is -1.68. The second-order valence-corrected chi connectivity index (χ2v) is 4.50. The molecule has 0 saturated heterocycles. The van der Waals surface area contributed by atoms with Crippen LogP contribution in [0.5, 0.6) is 0 Å². The van der Waals surface area contributed by atoms with Gasteiger partial charge >= 0.3 is 0 Å². The topological polar surface area (TPSA) is 0 Å². The Morgan fingerprint density at radius 3 is 2.00 bits per heavy atom. The molecule has 0 heterocycles. The summed E-state index contributed by atoms with van der Waals surface area (Å²) in [6.45, 7) is 0. The molecule has 0 spiro atoms. The largest absolute Gasteiger partial charge is 0.0842 e. The molecule has 1 aromatic carbocycles. The third kappa shape index (κ3) is 2.49. The predicted molar refractivity (Wildman–Crippen MR) is 56.3 cm³/mol. The molecule has 0 atom stereocenters. The van der Waals surface area contributed by atoms with Crippen LogP contribution in [0.3, 0.4) is 0 Å². The Labute approximate surface area is 85.9 Å². The van der Waals surface area contributed by atoms with Gasteiger partial charge in [-0.3, -0.25) is 0 Å². The van der Waals surface area contributed by atoms with Gasteiger partial charge < -0.3 is 0 Å². The van der Waals surface area contributed by atoms with Crippen molar-refractivity contribution in [3.63, 3.8) is 0 Å². The quantitative estimate of drug-likeness (QED) is 0.691. The molecule has 0 aliphatic carbocycles.